The third-order valence-corrected chi connectivity index (χ3v) is 4.54. The number of hydrogen-bond donors (Lipinski definition) is 1. The van der Waals surface area contributed by atoms with Crippen LogP contribution in [0.25, 0.3) is 0 Å². The molecule has 1 aliphatic rings. The van der Waals surface area contributed by atoms with Gasteiger partial charge in [-0.25, -0.2) is 4.98 Å². The quantitative estimate of drug-likeness (QED) is 0.942. The van der Waals surface area contributed by atoms with Crippen LogP contribution in [0.3, 0.4) is 0 Å². The molecule has 0 aliphatic carbocycles. The van der Waals surface area contributed by atoms with Crippen molar-refractivity contribution >= 4 is 16.5 Å². The molecule has 0 bridgehead atoms. The molecule has 0 atom stereocenters. The summed E-state index contributed by atoms with van der Waals surface area (Å²) in [6, 6.07) is 7.53. The van der Waals surface area contributed by atoms with Crippen molar-refractivity contribution in [3.05, 3.63) is 40.9 Å². The van der Waals surface area contributed by atoms with Crippen molar-refractivity contribution in [1.82, 2.24) is 9.88 Å². The lowest BCUT2D eigenvalue weighted by Crippen LogP contribution is -2.45. The Morgan fingerprint density at radius 1 is 1.25 bits per heavy atom. The van der Waals surface area contributed by atoms with Crippen LogP contribution in [-0.2, 0) is 6.54 Å². The van der Waals surface area contributed by atoms with Crippen LogP contribution >= 0.6 is 11.3 Å². The minimum Gasteiger partial charge on any atom is -0.508 e. The van der Waals surface area contributed by atoms with E-state index in [0.717, 1.165) is 37.9 Å². The number of nitrogens with zero attached hydrogens (tertiary/aromatic N) is 3. The molecule has 5 heteroatoms. The zero-order chi connectivity index (χ0) is 13.9. The predicted molar refractivity (Wildman–Crippen MR) is 82.4 cm³/mol. The summed E-state index contributed by atoms with van der Waals surface area (Å²) in [6.07, 6.45) is 1.94. The van der Waals surface area contributed by atoms with Crippen molar-refractivity contribution in [2.45, 2.75) is 13.5 Å². The van der Waals surface area contributed by atoms with Gasteiger partial charge >= 0.3 is 0 Å². The van der Waals surface area contributed by atoms with Crippen LogP contribution in [0.4, 0.5) is 5.13 Å². The molecule has 1 fully saturated rings. The molecule has 0 saturated carbocycles. The maximum Gasteiger partial charge on any atom is 0.185 e. The van der Waals surface area contributed by atoms with Gasteiger partial charge in [-0.1, -0.05) is 12.1 Å². The lowest BCUT2D eigenvalue weighted by atomic mass is 10.2. The molecule has 20 heavy (non-hydrogen) atoms. The van der Waals surface area contributed by atoms with Gasteiger partial charge in [-0.3, -0.25) is 4.90 Å². The Bertz CT molecular complexity index is 576. The summed E-state index contributed by atoms with van der Waals surface area (Å²) >= 11 is 1.76. The van der Waals surface area contributed by atoms with Gasteiger partial charge in [0.05, 0.1) is 0 Å². The van der Waals surface area contributed by atoms with Crippen LogP contribution in [0.2, 0.25) is 0 Å². The minimum absolute atomic E-state index is 0.347. The van der Waals surface area contributed by atoms with Gasteiger partial charge in [-0.2, -0.15) is 0 Å². The largest absolute Gasteiger partial charge is 0.508 e. The summed E-state index contributed by atoms with van der Waals surface area (Å²) in [5.74, 6) is 0.347. The van der Waals surface area contributed by atoms with Crippen LogP contribution in [0, 0.1) is 6.92 Å². The van der Waals surface area contributed by atoms with Gasteiger partial charge in [0.25, 0.3) is 0 Å². The van der Waals surface area contributed by atoms with E-state index in [-0.39, 0.29) is 0 Å². The van der Waals surface area contributed by atoms with Crippen LogP contribution in [0.1, 0.15) is 10.4 Å². The second kappa shape index (κ2) is 5.81. The highest BCUT2D eigenvalue weighted by atomic mass is 32.1. The standard InChI is InChI=1S/C15H19N3OS/c1-12-10-16-15(20-12)18-7-5-17(6-8-18)11-13-3-2-4-14(19)9-13/h2-4,9-10,19H,5-8,11H2,1H3. The Hall–Kier alpha value is -1.59. The SMILES string of the molecule is Cc1cnc(N2CCN(Cc3cccc(O)c3)CC2)s1. The van der Waals surface area contributed by atoms with Crippen molar-refractivity contribution in [2.75, 3.05) is 31.1 Å². The monoisotopic (exact) mass is 289 g/mol. The zero-order valence-electron chi connectivity index (χ0n) is 11.6. The van der Waals surface area contributed by atoms with Gasteiger partial charge in [0, 0.05) is 43.8 Å². The van der Waals surface area contributed by atoms with E-state index in [9.17, 15) is 5.11 Å². The van der Waals surface area contributed by atoms with Gasteiger partial charge in [0.2, 0.25) is 0 Å². The Balaban J connectivity index is 1.56. The lowest BCUT2D eigenvalue weighted by molar-refractivity contribution is 0.249. The first-order valence-corrected chi connectivity index (χ1v) is 7.70. The average molecular weight is 289 g/mol. The van der Waals surface area contributed by atoms with Crippen molar-refractivity contribution in [3.63, 3.8) is 0 Å². The van der Waals surface area contributed by atoms with E-state index in [1.807, 2.05) is 18.3 Å². The van der Waals surface area contributed by atoms with Crippen LogP contribution in [-0.4, -0.2) is 41.2 Å². The Morgan fingerprint density at radius 3 is 2.70 bits per heavy atom. The first kappa shape index (κ1) is 13.4. The van der Waals surface area contributed by atoms with Crippen molar-refractivity contribution in [2.24, 2.45) is 0 Å². The molecule has 2 heterocycles. The molecule has 3 rings (SSSR count). The molecule has 1 aromatic heterocycles. The fourth-order valence-corrected chi connectivity index (χ4v) is 3.31. The highest BCUT2D eigenvalue weighted by Gasteiger charge is 2.19. The third-order valence-electron chi connectivity index (χ3n) is 3.57. The Kier molecular flexibility index (Phi) is 3.89. The fraction of sp³-hybridized carbons (Fsp3) is 0.400. The predicted octanol–water partition coefficient (Wildman–Crippen LogP) is 2.48. The topological polar surface area (TPSA) is 39.6 Å². The summed E-state index contributed by atoms with van der Waals surface area (Å²) in [6.45, 7) is 7.11. The summed E-state index contributed by atoms with van der Waals surface area (Å²) in [5.41, 5.74) is 1.17. The van der Waals surface area contributed by atoms with Gasteiger partial charge in [-0.15, -0.1) is 11.3 Å². The Morgan fingerprint density at radius 2 is 2.05 bits per heavy atom. The maximum absolute atomic E-state index is 9.50. The van der Waals surface area contributed by atoms with Crippen molar-refractivity contribution in [3.8, 4) is 5.75 Å². The van der Waals surface area contributed by atoms with Gasteiger partial charge in [0.1, 0.15) is 5.75 Å². The van der Waals surface area contributed by atoms with Crippen molar-refractivity contribution < 1.29 is 5.11 Å². The molecule has 4 nitrogen and oxygen atoms in total. The second-order valence-electron chi connectivity index (χ2n) is 5.19. The summed E-state index contributed by atoms with van der Waals surface area (Å²) in [4.78, 5) is 10.5. The van der Waals surface area contributed by atoms with Gasteiger partial charge < -0.3 is 10.0 Å². The average Bonchev–Trinajstić information content (AvgIpc) is 2.86. The molecule has 1 saturated heterocycles. The molecule has 1 N–H and O–H groups in total. The fourth-order valence-electron chi connectivity index (χ4n) is 2.50. The summed E-state index contributed by atoms with van der Waals surface area (Å²) in [7, 11) is 0. The van der Waals surface area contributed by atoms with Gasteiger partial charge in [-0.05, 0) is 24.6 Å². The number of benzene rings is 1. The number of phenols is 1. The minimum atomic E-state index is 0.347. The first-order valence-electron chi connectivity index (χ1n) is 6.88. The number of anilines is 1. The van der Waals surface area contributed by atoms with E-state index < -0.39 is 0 Å². The van der Waals surface area contributed by atoms with E-state index in [0.29, 0.717) is 5.75 Å². The molecular formula is C15H19N3OS. The van der Waals surface area contributed by atoms with Crippen LogP contribution < -0.4 is 4.90 Å². The number of hydrogen-bond acceptors (Lipinski definition) is 5. The lowest BCUT2D eigenvalue weighted by Gasteiger charge is -2.34. The third kappa shape index (κ3) is 3.11. The molecule has 2 aromatic rings. The van der Waals surface area contributed by atoms with E-state index >= 15 is 0 Å². The maximum atomic E-state index is 9.50. The number of aromatic hydroxyl groups is 1. The van der Waals surface area contributed by atoms with E-state index in [1.54, 1.807) is 17.4 Å². The van der Waals surface area contributed by atoms with Crippen LogP contribution in [0.5, 0.6) is 5.75 Å². The molecule has 0 unspecified atom stereocenters. The molecule has 0 amide bonds. The molecule has 106 valence electrons. The molecular weight excluding hydrogens is 270 g/mol. The van der Waals surface area contributed by atoms with Crippen molar-refractivity contribution in [1.29, 1.82) is 0 Å². The number of aryl methyl sites for hydroxylation is 1. The van der Waals surface area contributed by atoms with E-state index in [2.05, 4.69) is 27.8 Å². The molecule has 1 aliphatic heterocycles. The number of phenolic OH excluding ortho intramolecular Hbond substituents is 1. The normalized spacial score (nSPS) is 16.6. The highest BCUT2D eigenvalue weighted by Crippen LogP contribution is 2.23. The molecule has 0 spiro atoms. The highest BCUT2D eigenvalue weighted by molar-refractivity contribution is 7.15. The van der Waals surface area contributed by atoms with E-state index in [4.69, 9.17) is 0 Å². The molecule has 1 aromatic carbocycles. The summed E-state index contributed by atoms with van der Waals surface area (Å²) < 4.78 is 0. The number of thiazole rings is 1. The number of rotatable bonds is 3. The van der Waals surface area contributed by atoms with Gasteiger partial charge in [0.15, 0.2) is 5.13 Å². The van der Waals surface area contributed by atoms with E-state index in [1.165, 1.54) is 10.4 Å². The first-order chi connectivity index (χ1) is 9.70. The summed E-state index contributed by atoms with van der Waals surface area (Å²) in [5, 5.41) is 10.6. The number of piperazine rings is 1. The zero-order valence-corrected chi connectivity index (χ0v) is 12.4. The number of aromatic nitrogens is 1. The molecule has 0 radical (unpaired) electrons. The second-order valence-corrected chi connectivity index (χ2v) is 6.40. The Labute approximate surface area is 123 Å². The smallest absolute Gasteiger partial charge is 0.185 e. The van der Waals surface area contributed by atoms with Crippen LogP contribution in [0.15, 0.2) is 30.5 Å².